The van der Waals surface area contributed by atoms with Crippen molar-refractivity contribution in [3.63, 3.8) is 0 Å². The first-order valence-electron chi connectivity index (χ1n) is 7.11. The van der Waals surface area contributed by atoms with E-state index in [2.05, 4.69) is 56.3 Å². The zero-order valence-corrected chi connectivity index (χ0v) is 12.8. The van der Waals surface area contributed by atoms with Crippen LogP contribution in [-0.2, 0) is 6.42 Å². The topological polar surface area (TPSA) is 20.2 Å². The molecule has 0 radical (unpaired) electrons. The highest BCUT2D eigenvalue weighted by atomic mass is 32.2. The average molecular weight is 284 g/mol. The first-order chi connectivity index (χ1) is 9.65. The summed E-state index contributed by atoms with van der Waals surface area (Å²) in [5.74, 6) is 1.25. The van der Waals surface area contributed by atoms with Crippen molar-refractivity contribution in [2.45, 2.75) is 37.2 Å². The summed E-state index contributed by atoms with van der Waals surface area (Å²) in [5.41, 5.74) is 5.12. The summed E-state index contributed by atoms with van der Waals surface area (Å²) in [6.45, 7) is 4.23. The first-order valence-corrected chi connectivity index (χ1v) is 8.09. The summed E-state index contributed by atoms with van der Waals surface area (Å²) >= 11 is 1.86. The number of fused-ring (bicyclic) bond motifs is 1. The molecule has 0 spiro atoms. The molecule has 2 aromatic rings. The molecule has 0 saturated heterocycles. The third kappa shape index (κ3) is 2.63. The second kappa shape index (κ2) is 5.63. The minimum Gasteiger partial charge on any atom is -0.392 e. The highest BCUT2D eigenvalue weighted by Crippen LogP contribution is 2.41. The van der Waals surface area contributed by atoms with Gasteiger partial charge >= 0.3 is 0 Å². The lowest BCUT2D eigenvalue weighted by atomic mass is 9.89. The number of aryl methyl sites for hydroxylation is 2. The van der Waals surface area contributed by atoms with Crippen molar-refractivity contribution in [3.8, 4) is 0 Å². The van der Waals surface area contributed by atoms with Gasteiger partial charge < -0.3 is 5.11 Å². The summed E-state index contributed by atoms with van der Waals surface area (Å²) in [7, 11) is 0. The Kier molecular flexibility index (Phi) is 3.86. The molecule has 2 heteroatoms. The molecule has 0 aromatic heterocycles. The Balaban J connectivity index is 1.81. The molecule has 1 heterocycles. The quantitative estimate of drug-likeness (QED) is 0.916. The molecule has 0 bridgehead atoms. The average Bonchev–Trinajstić information content (AvgIpc) is 2.87. The van der Waals surface area contributed by atoms with Gasteiger partial charge in [-0.25, -0.2) is 0 Å². The Bertz CT molecular complexity index is 621. The Morgan fingerprint density at radius 2 is 2.00 bits per heavy atom. The summed E-state index contributed by atoms with van der Waals surface area (Å²) in [6, 6.07) is 14.9. The van der Waals surface area contributed by atoms with Crippen LogP contribution in [-0.4, -0.2) is 17.0 Å². The van der Waals surface area contributed by atoms with Gasteiger partial charge in [-0.3, -0.25) is 0 Å². The zero-order valence-electron chi connectivity index (χ0n) is 12.0. The predicted molar refractivity (Wildman–Crippen MR) is 85.5 cm³/mol. The van der Waals surface area contributed by atoms with Crippen molar-refractivity contribution in [1.82, 2.24) is 0 Å². The third-order valence-corrected chi connectivity index (χ3v) is 5.34. The zero-order chi connectivity index (χ0) is 14.1. The van der Waals surface area contributed by atoms with Crippen molar-refractivity contribution in [1.29, 1.82) is 0 Å². The van der Waals surface area contributed by atoms with E-state index in [1.54, 1.807) is 0 Å². The van der Waals surface area contributed by atoms with Gasteiger partial charge in [-0.1, -0.05) is 42.0 Å². The second-order valence-corrected chi connectivity index (χ2v) is 6.72. The number of aliphatic hydroxyl groups is 1. The molecule has 2 atom stereocenters. The maximum absolute atomic E-state index is 10.7. The maximum atomic E-state index is 10.7. The Labute approximate surface area is 125 Å². The molecule has 1 aliphatic heterocycles. The molecule has 0 aliphatic carbocycles. The van der Waals surface area contributed by atoms with Crippen molar-refractivity contribution in [3.05, 3.63) is 64.7 Å². The van der Waals surface area contributed by atoms with Crippen LogP contribution in [0.4, 0.5) is 0 Å². The van der Waals surface area contributed by atoms with Gasteiger partial charge in [-0.2, -0.15) is 0 Å². The second-order valence-electron chi connectivity index (χ2n) is 5.66. The molecular weight excluding hydrogens is 264 g/mol. The van der Waals surface area contributed by atoms with Crippen LogP contribution in [0.15, 0.2) is 47.4 Å². The Morgan fingerprint density at radius 3 is 2.85 bits per heavy atom. The lowest BCUT2D eigenvalue weighted by Gasteiger charge is -2.20. The molecule has 1 N–H and O–H groups in total. The van der Waals surface area contributed by atoms with Gasteiger partial charge in [0.05, 0.1) is 6.10 Å². The van der Waals surface area contributed by atoms with Crippen LogP contribution in [0.1, 0.15) is 28.2 Å². The van der Waals surface area contributed by atoms with E-state index in [0.717, 1.165) is 12.2 Å². The highest BCUT2D eigenvalue weighted by molar-refractivity contribution is 7.99. The molecule has 104 valence electrons. The lowest BCUT2D eigenvalue weighted by molar-refractivity contribution is 0.151. The van der Waals surface area contributed by atoms with Gasteiger partial charge in [0.2, 0.25) is 0 Å². The highest BCUT2D eigenvalue weighted by Gasteiger charge is 2.29. The summed E-state index contributed by atoms with van der Waals surface area (Å²) in [6.07, 6.45) is 0.444. The van der Waals surface area contributed by atoms with Crippen LogP contribution in [0.25, 0.3) is 0 Å². The minimum absolute atomic E-state index is 0.260. The van der Waals surface area contributed by atoms with Crippen molar-refractivity contribution < 1.29 is 5.11 Å². The van der Waals surface area contributed by atoms with Crippen LogP contribution in [0.2, 0.25) is 0 Å². The van der Waals surface area contributed by atoms with Gasteiger partial charge in [0, 0.05) is 16.6 Å². The molecule has 2 aromatic carbocycles. The van der Waals surface area contributed by atoms with Gasteiger partial charge in [0.1, 0.15) is 0 Å². The van der Waals surface area contributed by atoms with Crippen LogP contribution in [0.5, 0.6) is 0 Å². The number of benzene rings is 2. The number of thioether (sulfide) groups is 1. The van der Waals surface area contributed by atoms with E-state index in [1.165, 1.54) is 27.1 Å². The van der Waals surface area contributed by atoms with Crippen molar-refractivity contribution in [2.75, 3.05) is 5.75 Å². The van der Waals surface area contributed by atoms with Crippen molar-refractivity contribution >= 4 is 11.8 Å². The standard InChI is InChI=1S/C18H20OS/c1-12-7-8-13(2)14(9-12)10-17(19)16-11-20-18-6-4-3-5-15(16)18/h3-9,16-17,19H,10-11H2,1-2H3. The summed E-state index contributed by atoms with van der Waals surface area (Å²) in [5, 5.41) is 10.7. The van der Waals surface area contributed by atoms with E-state index in [-0.39, 0.29) is 12.0 Å². The fourth-order valence-electron chi connectivity index (χ4n) is 2.89. The van der Waals surface area contributed by atoms with Gasteiger partial charge in [-0.05, 0) is 43.0 Å². The molecule has 2 unspecified atom stereocenters. The molecule has 3 rings (SSSR count). The van der Waals surface area contributed by atoms with Gasteiger partial charge in [0.25, 0.3) is 0 Å². The molecule has 1 aliphatic rings. The van der Waals surface area contributed by atoms with E-state index in [9.17, 15) is 5.11 Å². The van der Waals surface area contributed by atoms with Crippen LogP contribution in [0.3, 0.4) is 0 Å². The fraction of sp³-hybridized carbons (Fsp3) is 0.333. The lowest BCUT2D eigenvalue weighted by Crippen LogP contribution is -2.21. The van der Waals surface area contributed by atoms with Gasteiger partial charge in [-0.15, -0.1) is 11.8 Å². The Morgan fingerprint density at radius 1 is 1.20 bits per heavy atom. The molecular formula is C18H20OS. The summed E-state index contributed by atoms with van der Waals surface area (Å²) in [4.78, 5) is 1.33. The largest absolute Gasteiger partial charge is 0.392 e. The Hall–Kier alpha value is -1.25. The number of aliphatic hydroxyl groups excluding tert-OH is 1. The normalized spacial score (nSPS) is 18.9. The summed E-state index contributed by atoms with van der Waals surface area (Å²) < 4.78 is 0. The first kappa shape index (κ1) is 13.7. The third-order valence-electron chi connectivity index (χ3n) is 4.14. The van der Waals surface area contributed by atoms with Gasteiger partial charge in [0.15, 0.2) is 0 Å². The number of rotatable bonds is 3. The molecule has 0 amide bonds. The molecule has 0 saturated carbocycles. The van der Waals surface area contributed by atoms with Crippen molar-refractivity contribution in [2.24, 2.45) is 0 Å². The van der Waals surface area contributed by atoms with Crippen LogP contribution < -0.4 is 0 Å². The monoisotopic (exact) mass is 284 g/mol. The number of hydrogen-bond donors (Lipinski definition) is 1. The SMILES string of the molecule is Cc1ccc(C)c(CC(O)C2CSc3ccccc32)c1. The van der Waals surface area contributed by atoms with E-state index in [0.29, 0.717) is 0 Å². The van der Waals surface area contributed by atoms with Crippen LogP contribution in [0, 0.1) is 13.8 Å². The van der Waals surface area contributed by atoms with E-state index in [1.807, 2.05) is 11.8 Å². The fourth-order valence-corrected chi connectivity index (χ4v) is 4.22. The van der Waals surface area contributed by atoms with E-state index >= 15 is 0 Å². The number of hydrogen-bond acceptors (Lipinski definition) is 2. The predicted octanol–water partition coefficient (Wildman–Crippen LogP) is 4.10. The van der Waals surface area contributed by atoms with E-state index < -0.39 is 0 Å². The molecule has 20 heavy (non-hydrogen) atoms. The maximum Gasteiger partial charge on any atom is 0.0657 e. The van der Waals surface area contributed by atoms with E-state index in [4.69, 9.17) is 0 Å². The van der Waals surface area contributed by atoms with Crippen LogP contribution >= 0.6 is 11.8 Å². The molecule has 0 fully saturated rings. The minimum atomic E-state index is -0.299. The molecule has 1 nitrogen and oxygen atoms in total. The smallest absolute Gasteiger partial charge is 0.0657 e.